The lowest BCUT2D eigenvalue weighted by atomic mass is 10.0. The van der Waals surface area contributed by atoms with Gasteiger partial charge in [0.2, 0.25) is 0 Å². The van der Waals surface area contributed by atoms with E-state index in [-0.39, 0.29) is 19.3 Å². The van der Waals surface area contributed by atoms with E-state index in [2.05, 4.69) is 142 Å². The molecule has 0 saturated carbocycles. The van der Waals surface area contributed by atoms with Crippen molar-refractivity contribution in [3.8, 4) is 0 Å². The zero-order chi connectivity index (χ0) is 72.3. The van der Waals surface area contributed by atoms with Crippen LogP contribution in [0.5, 0.6) is 0 Å². The average Bonchev–Trinajstić information content (AvgIpc) is 1.26. The Kier molecular flexibility index (Phi) is 70.7. The number of esters is 3. The van der Waals surface area contributed by atoms with Gasteiger partial charge in [0, 0.05) is 19.3 Å². The van der Waals surface area contributed by atoms with Gasteiger partial charge in [0.05, 0.1) is 26.4 Å². The fraction of sp³-hybridized carbons (Fsp3) is 0.716. The summed E-state index contributed by atoms with van der Waals surface area (Å²) in [6.07, 6.45) is 86.8. The molecule has 0 bridgehead atoms. The third-order valence-electron chi connectivity index (χ3n) is 16.2. The molecule has 0 aliphatic carbocycles. The summed E-state index contributed by atoms with van der Waals surface area (Å²) < 4.78 is 61.1. The molecule has 99 heavy (non-hydrogen) atoms. The summed E-state index contributed by atoms with van der Waals surface area (Å²) in [5, 5.41) is 20.6. The summed E-state index contributed by atoms with van der Waals surface area (Å²) in [4.78, 5) is 58.5. The Morgan fingerprint density at radius 3 is 0.848 bits per heavy atom. The number of carbonyl (C=O) groups is 3. The Bertz CT molecular complexity index is 2290. The van der Waals surface area contributed by atoms with Gasteiger partial charge < -0.3 is 34.2 Å². The van der Waals surface area contributed by atoms with Crippen LogP contribution in [0, 0.1) is 0 Å². The first kappa shape index (κ1) is 94.9. The van der Waals surface area contributed by atoms with Crippen molar-refractivity contribution in [3.63, 3.8) is 0 Å². The lowest BCUT2D eigenvalue weighted by Crippen LogP contribution is -2.30. The molecule has 0 rings (SSSR count). The van der Waals surface area contributed by atoms with E-state index in [1.54, 1.807) is 0 Å². The third kappa shape index (κ3) is 74.9. The van der Waals surface area contributed by atoms with Crippen molar-refractivity contribution >= 4 is 33.6 Å². The number of aliphatic hydroxyl groups is 2. The minimum absolute atomic E-state index is 0.104. The molecule has 0 amide bonds. The van der Waals surface area contributed by atoms with Crippen molar-refractivity contribution in [2.45, 2.75) is 334 Å². The van der Waals surface area contributed by atoms with E-state index in [9.17, 15) is 43.5 Å². The quantitative estimate of drug-likeness (QED) is 0.0146. The lowest BCUT2D eigenvalue weighted by molar-refractivity contribution is -0.161. The summed E-state index contributed by atoms with van der Waals surface area (Å²) in [7, 11) is -9.78. The van der Waals surface area contributed by atoms with Crippen molar-refractivity contribution in [1.82, 2.24) is 0 Å². The summed E-state index contributed by atoms with van der Waals surface area (Å²) >= 11 is 0. The maximum Gasteiger partial charge on any atom is 0.472 e. The molecule has 16 nitrogen and oxygen atoms in total. The monoisotopic (exact) mass is 1430 g/mol. The Labute approximate surface area is 602 Å². The van der Waals surface area contributed by atoms with Crippen LogP contribution in [0.15, 0.2) is 122 Å². The van der Waals surface area contributed by atoms with Gasteiger partial charge in [-0.15, -0.1) is 0 Å². The van der Waals surface area contributed by atoms with Crippen LogP contribution >= 0.6 is 15.6 Å². The fourth-order valence-corrected chi connectivity index (χ4v) is 11.9. The highest BCUT2D eigenvalue weighted by Crippen LogP contribution is 2.45. The maximum absolute atomic E-state index is 12.9. The van der Waals surface area contributed by atoms with E-state index < -0.39 is 91.5 Å². The van der Waals surface area contributed by atoms with Gasteiger partial charge in [-0.2, -0.15) is 0 Å². The summed E-state index contributed by atoms with van der Waals surface area (Å²) in [6, 6.07) is 0. The highest BCUT2D eigenvalue weighted by atomic mass is 31.2. The third-order valence-corrected chi connectivity index (χ3v) is 18.1. The van der Waals surface area contributed by atoms with Crippen LogP contribution in [0.4, 0.5) is 0 Å². The predicted molar refractivity (Wildman–Crippen MR) is 408 cm³/mol. The number of rotatable bonds is 73. The van der Waals surface area contributed by atoms with Crippen LogP contribution in [0.2, 0.25) is 0 Å². The van der Waals surface area contributed by atoms with Crippen LogP contribution < -0.4 is 0 Å². The number of phosphoric acid groups is 2. The van der Waals surface area contributed by atoms with Gasteiger partial charge in [0.25, 0.3) is 0 Å². The highest BCUT2D eigenvalue weighted by Gasteiger charge is 2.29. The van der Waals surface area contributed by atoms with E-state index in [4.69, 9.17) is 32.3 Å². The van der Waals surface area contributed by atoms with Gasteiger partial charge >= 0.3 is 33.6 Å². The zero-order valence-corrected chi connectivity index (χ0v) is 63.9. The van der Waals surface area contributed by atoms with E-state index in [1.165, 1.54) is 109 Å². The molecule has 0 aromatic heterocycles. The number of unbranched alkanes of at least 4 members (excludes halogenated alkanes) is 30. The van der Waals surface area contributed by atoms with Crippen LogP contribution in [-0.4, -0.2) is 95.9 Å². The number of hydrogen-bond donors (Lipinski definition) is 4. The minimum atomic E-state index is -4.93. The zero-order valence-electron chi connectivity index (χ0n) is 62.1. The second kappa shape index (κ2) is 73.7. The molecule has 5 atom stereocenters. The number of aliphatic hydroxyl groups excluding tert-OH is 2. The molecule has 18 heteroatoms. The SMILES string of the molecule is CC/C=C\C/C=C\C/C=C\C/C=C\C/C=C\CCCCCCCCCCCCCC(=O)OCC(O)COP(=O)(O)OCC(O)COP(=O)(O)OCC(COC(=O)CCCCCCCCCCC/C=C\C/C=C\C/C=C\C/C=C\C/C=C\CC)OC(=O)CCCCCCCCCCCCC. The smallest absolute Gasteiger partial charge is 0.463 e. The molecule has 0 spiro atoms. The molecule has 4 N–H and O–H groups in total. The number of ether oxygens (including phenoxy) is 3. The Morgan fingerprint density at radius 2 is 0.535 bits per heavy atom. The molecular formula is C81H140O16P2. The van der Waals surface area contributed by atoms with Crippen molar-refractivity contribution in [2.24, 2.45) is 0 Å². The van der Waals surface area contributed by atoms with Gasteiger partial charge in [-0.25, -0.2) is 9.13 Å². The molecule has 0 fully saturated rings. The van der Waals surface area contributed by atoms with Crippen LogP contribution in [-0.2, 0) is 55.8 Å². The molecule has 0 aliphatic rings. The van der Waals surface area contributed by atoms with Gasteiger partial charge in [-0.1, -0.05) is 309 Å². The fourth-order valence-electron chi connectivity index (χ4n) is 10.3. The second-order valence-corrected chi connectivity index (χ2v) is 28.7. The van der Waals surface area contributed by atoms with Crippen molar-refractivity contribution < 1.29 is 75.8 Å². The van der Waals surface area contributed by atoms with E-state index in [1.807, 2.05) is 0 Å². The average molecular weight is 1430 g/mol. The van der Waals surface area contributed by atoms with Crippen LogP contribution in [0.25, 0.3) is 0 Å². The Balaban J connectivity index is 4.48. The normalized spacial score (nSPS) is 14.7. The standard InChI is InChI=1S/C81H140O16P2/c1-4-7-10-13-16-19-22-24-26-28-30-32-34-36-37-39-41-42-44-46-48-50-53-55-58-61-64-67-79(84)91-70-76(82)71-93-98(87,88)94-72-77(83)73-95-99(89,90)96-75-78(97-81(86)69-66-63-60-57-52-21-18-15-12-9-6-3)74-92-80(85)68-65-62-59-56-54-51-49-47-45-43-40-38-35-33-31-29-27-25-23-20-17-14-11-8-5-2/h7-8,10-11,16-17,19-20,24-27,30-33,36-38,40,76-78,82-83H,4-6,9,12-15,18,21-23,28-29,34-35,39,41-75H2,1-3H3,(H,87,88)(H,89,90)/b10-7-,11-8-,19-16-,20-17-,26-24-,27-25-,32-30-,33-31-,37-36-,40-38-. The summed E-state index contributed by atoms with van der Waals surface area (Å²) in [6.45, 7) is 2.45. The number of phosphoric ester groups is 2. The highest BCUT2D eigenvalue weighted by molar-refractivity contribution is 7.47. The van der Waals surface area contributed by atoms with Crippen molar-refractivity contribution in [2.75, 3.05) is 39.6 Å². The predicted octanol–water partition coefficient (Wildman–Crippen LogP) is 22.5. The van der Waals surface area contributed by atoms with E-state index in [0.29, 0.717) is 19.3 Å². The molecule has 570 valence electrons. The first-order chi connectivity index (χ1) is 48.2. The molecule has 0 aromatic carbocycles. The minimum Gasteiger partial charge on any atom is -0.463 e. The van der Waals surface area contributed by atoms with Gasteiger partial charge in [-0.05, 0) is 109 Å². The van der Waals surface area contributed by atoms with Crippen molar-refractivity contribution in [1.29, 1.82) is 0 Å². The second-order valence-electron chi connectivity index (χ2n) is 25.8. The summed E-state index contributed by atoms with van der Waals surface area (Å²) in [5.74, 6) is -1.58. The molecular weight excluding hydrogens is 1290 g/mol. The molecule has 0 aromatic rings. The first-order valence-electron chi connectivity index (χ1n) is 38.8. The molecule has 0 radical (unpaired) electrons. The molecule has 0 aliphatic heterocycles. The van der Waals surface area contributed by atoms with Gasteiger partial charge in [0.15, 0.2) is 6.10 Å². The molecule has 0 saturated heterocycles. The number of carbonyl (C=O) groups excluding carboxylic acids is 3. The molecule has 0 heterocycles. The van der Waals surface area contributed by atoms with Crippen LogP contribution in [0.3, 0.4) is 0 Å². The van der Waals surface area contributed by atoms with Gasteiger partial charge in [-0.3, -0.25) is 32.5 Å². The van der Waals surface area contributed by atoms with E-state index in [0.717, 1.165) is 148 Å². The van der Waals surface area contributed by atoms with Crippen LogP contribution in [0.1, 0.15) is 316 Å². The Hall–Kier alpha value is -4.05. The van der Waals surface area contributed by atoms with Crippen molar-refractivity contribution in [3.05, 3.63) is 122 Å². The number of allylic oxidation sites excluding steroid dienone is 20. The largest absolute Gasteiger partial charge is 0.472 e. The van der Waals surface area contributed by atoms with Gasteiger partial charge in [0.1, 0.15) is 25.4 Å². The Morgan fingerprint density at radius 1 is 0.293 bits per heavy atom. The number of hydrogen-bond acceptors (Lipinski definition) is 14. The maximum atomic E-state index is 12.9. The van der Waals surface area contributed by atoms with E-state index >= 15 is 0 Å². The topological polar surface area (TPSA) is 231 Å². The first-order valence-corrected chi connectivity index (χ1v) is 41.8. The molecule has 5 unspecified atom stereocenters. The summed E-state index contributed by atoms with van der Waals surface area (Å²) in [5.41, 5.74) is 0. The lowest BCUT2D eigenvalue weighted by Gasteiger charge is -2.21.